The molecule has 1 aliphatic heterocycles. The number of piperidine rings is 1. The lowest BCUT2D eigenvalue weighted by molar-refractivity contribution is -0.141. The molecule has 88 valence electrons. The number of carbonyl (C=O) groups is 1. The Morgan fingerprint density at radius 2 is 1.93 bits per heavy atom. The molecule has 2 N–H and O–H groups in total. The summed E-state index contributed by atoms with van der Waals surface area (Å²) in [6.45, 7) is 7.59. The molecule has 0 bridgehead atoms. The van der Waals surface area contributed by atoms with Gasteiger partial charge < -0.3 is 15.4 Å². The van der Waals surface area contributed by atoms with Crippen molar-refractivity contribution in [3.63, 3.8) is 0 Å². The molecule has 0 radical (unpaired) electrons. The van der Waals surface area contributed by atoms with Crippen LogP contribution in [-0.2, 0) is 9.53 Å². The van der Waals surface area contributed by atoms with Gasteiger partial charge in [-0.25, -0.2) is 0 Å². The van der Waals surface area contributed by atoms with E-state index in [1.54, 1.807) is 21.0 Å². The van der Waals surface area contributed by atoms with Crippen molar-refractivity contribution in [3.8, 4) is 0 Å². The van der Waals surface area contributed by atoms with Gasteiger partial charge in [0, 0.05) is 12.6 Å². The molecule has 0 aliphatic carbocycles. The van der Waals surface area contributed by atoms with Crippen LogP contribution in [0.4, 0.5) is 0 Å². The summed E-state index contributed by atoms with van der Waals surface area (Å²) in [5, 5.41) is 6.37. The second-order valence-corrected chi connectivity index (χ2v) is 4.98. The molecule has 0 atom stereocenters. The number of hydrogen-bond donors (Lipinski definition) is 2. The van der Waals surface area contributed by atoms with Crippen molar-refractivity contribution in [1.82, 2.24) is 10.6 Å². The SMILES string of the molecule is COC(C)(C)C(=O)NC1(C)CCNCC1. The molecule has 15 heavy (non-hydrogen) atoms. The Labute approximate surface area is 91.8 Å². The molecular weight excluding hydrogens is 192 g/mol. The highest BCUT2D eigenvalue weighted by molar-refractivity contribution is 5.84. The van der Waals surface area contributed by atoms with Crippen LogP contribution in [0.2, 0.25) is 0 Å². The quantitative estimate of drug-likeness (QED) is 0.726. The summed E-state index contributed by atoms with van der Waals surface area (Å²) in [6, 6.07) is 0. The summed E-state index contributed by atoms with van der Waals surface area (Å²) in [7, 11) is 1.56. The first-order chi connectivity index (χ1) is 6.90. The van der Waals surface area contributed by atoms with Crippen LogP contribution in [0.15, 0.2) is 0 Å². The highest BCUT2D eigenvalue weighted by atomic mass is 16.5. The lowest BCUT2D eigenvalue weighted by atomic mass is 9.89. The summed E-state index contributed by atoms with van der Waals surface area (Å²) in [5.74, 6) is -0.0330. The first-order valence-corrected chi connectivity index (χ1v) is 5.48. The van der Waals surface area contributed by atoms with Gasteiger partial charge in [-0.05, 0) is 46.7 Å². The summed E-state index contributed by atoms with van der Waals surface area (Å²) in [5.41, 5.74) is -0.827. The maximum atomic E-state index is 11.9. The number of methoxy groups -OCH3 is 1. The third-order valence-corrected chi connectivity index (χ3v) is 3.18. The molecule has 1 fully saturated rings. The molecule has 4 nitrogen and oxygen atoms in total. The molecule has 0 aromatic rings. The molecule has 0 aromatic carbocycles. The molecule has 1 heterocycles. The van der Waals surface area contributed by atoms with Crippen molar-refractivity contribution in [2.24, 2.45) is 0 Å². The van der Waals surface area contributed by atoms with Crippen LogP contribution in [0.25, 0.3) is 0 Å². The summed E-state index contributed by atoms with van der Waals surface area (Å²) >= 11 is 0. The van der Waals surface area contributed by atoms with Gasteiger partial charge in [0.2, 0.25) is 0 Å². The summed E-state index contributed by atoms with van der Waals surface area (Å²) < 4.78 is 5.16. The van der Waals surface area contributed by atoms with Crippen molar-refractivity contribution < 1.29 is 9.53 Å². The summed E-state index contributed by atoms with van der Waals surface area (Å²) in [4.78, 5) is 11.9. The smallest absolute Gasteiger partial charge is 0.252 e. The van der Waals surface area contributed by atoms with Gasteiger partial charge in [-0.2, -0.15) is 0 Å². The van der Waals surface area contributed by atoms with E-state index in [1.807, 2.05) is 0 Å². The number of rotatable bonds is 3. The monoisotopic (exact) mass is 214 g/mol. The molecule has 1 aliphatic rings. The van der Waals surface area contributed by atoms with Gasteiger partial charge in [0.15, 0.2) is 0 Å². The van der Waals surface area contributed by atoms with Crippen LogP contribution in [0, 0.1) is 0 Å². The average molecular weight is 214 g/mol. The lowest BCUT2D eigenvalue weighted by Crippen LogP contribution is -2.57. The molecule has 1 saturated heterocycles. The van der Waals surface area contributed by atoms with Crippen LogP contribution >= 0.6 is 0 Å². The predicted molar refractivity (Wildman–Crippen MR) is 59.7 cm³/mol. The van der Waals surface area contributed by atoms with Crippen molar-refractivity contribution in [2.75, 3.05) is 20.2 Å². The zero-order valence-electron chi connectivity index (χ0n) is 10.1. The number of ether oxygens (including phenoxy) is 1. The van der Waals surface area contributed by atoms with Crippen LogP contribution in [-0.4, -0.2) is 37.2 Å². The molecule has 4 heteroatoms. The zero-order chi connectivity index (χ0) is 11.5. The van der Waals surface area contributed by atoms with Gasteiger partial charge in [-0.1, -0.05) is 0 Å². The van der Waals surface area contributed by atoms with Crippen LogP contribution in [0.1, 0.15) is 33.6 Å². The van der Waals surface area contributed by atoms with Gasteiger partial charge in [-0.3, -0.25) is 4.79 Å². The van der Waals surface area contributed by atoms with E-state index in [9.17, 15) is 4.79 Å². The Bertz CT molecular complexity index is 233. The average Bonchev–Trinajstić information content (AvgIpc) is 2.18. The van der Waals surface area contributed by atoms with E-state index in [2.05, 4.69) is 17.6 Å². The third kappa shape index (κ3) is 3.18. The highest BCUT2D eigenvalue weighted by Gasteiger charge is 2.34. The van der Waals surface area contributed by atoms with Crippen LogP contribution < -0.4 is 10.6 Å². The Morgan fingerprint density at radius 1 is 1.40 bits per heavy atom. The summed E-state index contributed by atoms with van der Waals surface area (Å²) in [6.07, 6.45) is 1.94. The van der Waals surface area contributed by atoms with E-state index >= 15 is 0 Å². The maximum Gasteiger partial charge on any atom is 0.252 e. The predicted octanol–water partition coefficient (Wildman–Crippen LogP) is 0.670. The van der Waals surface area contributed by atoms with Gasteiger partial charge in [0.05, 0.1) is 0 Å². The fourth-order valence-corrected chi connectivity index (χ4v) is 1.62. The van der Waals surface area contributed by atoms with Gasteiger partial charge in [0.1, 0.15) is 5.60 Å². The Hall–Kier alpha value is -0.610. The van der Waals surface area contributed by atoms with Crippen LogP contribution in [0.5, 0.6) is 0 Å². The van der Waals surface area contributed by atoms with E-state index in [0.717, 1.165) is 25.9 Å². The molecule has 1 amide bonds. The fraction of sp³-hybridized carbons (Fsp3) is 0.909. The van der Waals surface area contributed by atoms with E-state index < -0.39 is 5.60 Å². The van der Waals surface area contributed by atoms with Gasteiger partial charge >= 0.3 is 0 Å². The Kier molecular flexibility index (Phi) is 3.73. The van der Waals surface area contributed by atoms with Gasteiger partial charge in [-0.15, -0.1) is 0 Å². The second kappa shape index (κ2) is 4.49. The first-order valence-electron chi connectivity index (χ1n) is 5.48. The van der Waals surface area contributed by atoms with Crippen molar-refractivity contribution >= 4 is 5.91 Å². The number of nitrogens with one attached hydrogen (secondary N) is 2. The second-order valence-electron chi connectivity index (χ2n) is 4.98. The molecule has 0 unspecified atom stereocenters. The molecule has 1 rings (SSSR count). The first kappa shape index (κ1) is 12.5. The standard InChI is InChI=1S/C11H22N2O2/c1-10(2,15-4)9(14)13-11(3)5-7-12-8-6-11/h12H,5-8H2,1-4H3,(H,13,14). The highest BCUT2D eigenvalue weighted by Crippen LogP contribution is 2.19. The number of hydrogen-bond acceptors (Lipinski definition) is 3. The number of amides is 1. The fourth-order valence-electron chi connectivity index (χ4n) is 1.62. The minimum atomic E-state index is -0.742. The van der Waals surface area contributed by atoms with E-state index in [4.69, 9.17) is 4.74 Å². The van der Waals surface area contributed by atoms with Crippen LogP contribution in [0.3, 0.4) is 0 Å². The minimum Gasteiger partial charge on any atom is -0.369 e. The molecular formula is C11H22N2O2. The zero-order valence-corrected chi connectivity index (χ0v) is 10.1. The third-order valence-electron chi connectivity index (χ3n) is 3.18. The number of carbonyl (C=O) groups excluding carboxylic acids is 1. The van der Waals surface area contributed by atoms with Crippen molar-refractivity contribution in [3.05, 3.63) is 0 Å². The van der Waals surface area contributed by atoms with Gasteiger partial charge in [0.25, 0.3) is 5.91 Å². The largest absolute Gasteiger partial charge is 0.369 e. The lowest BCUT2D eigenvalue weighted by Gasteiger charge is -2.37. The molecule has 0 aromatic heterocycles. The van der Waals surface area contributed by atoms with Crippen molar-refractivity contribution in [2.45, 2.75) is 44.8 Å². The Morgan fingerprint density at radius 3 is 2.40 bits per heavy atom. The van der Waals surface area contributed by atoms with Crippen molar-refractivity contribution in [1.29, 1.82) is 0 Å². The normalized spacial score (nSPS) is 21.1. The molecule has 0 spiro atoms. The topological polar surface area (TPSA) is 50.4 Å². The van der Waals surface area contributed by atoms with E-state index in [-0.39, 0.29) is 11.4 Å². The Balaban J connectivity index is 2.56. The van der Waals surface area contributed by atoms with E-state index in [1.165, 1.54) is 0 Å². The minimum absolute atomic E-state index is 0.0330. The molecule has 0 saturated carbocycles. The maximum absolute atomic E-state index is 11.9. The van der Waals surface area contributed by atoms with E-state index in [0.29, 0.717) is 0 Å².